The maximum Gasteiger partial charge on any atom is 0.260 e. The summed E-state index contributed by atoms with van der Waals surface area (Å²) in [5.74, 6) is 0.198. The van der Waals surface area contributed by atoms with Crippen LogP contribution in [0, 0.1) is 0 Å². The van der Waals surface area contributed by atoms with E-state index in [1.165, 1.54) is 11.3 Å². The largest absolute Gasteiger partial charge is 0.482 e. The predicted octanol–water partition coefficient (Wildman–Crippen LogP) is 2.21. The number of thiophene rings is 1. The lowest BCUT2D eigenvalue weighted by Gasteiger charge is -2.19. The number of likely N-dealkylation sites (tertiary alicyclic amines) is 1. The lowest BCUT2D eigenvalue weighted by molar-refractivity contribution is -0.133. The molecule has 7 nitrogen and oxygen atoms in total. The number of para-hydroxylation sites is 1. The van der Waals surface area contributed by atoms with Crippen molar-refractivity contribution in [2.75, 3.05) is 32.9 Å². The molecule has 2 amide bonds. The molecular formula is C20H21ClN2O5S. The van der Waals surface area contributed by atoms with E-state index in [0.717, 1.165) is 0 Å². The molecule has 154 valence electrons. The van der Waals surface area contributed by atoms with Crippen LogP contribution in [0.3, 0.4) is 0 Å². The number of amides is 2. The molecule has 4 rings (SSSR count). The van der Waals surface area contributed by atoms with E-state index < -0.39 is 0 Å². The van der Waals surface area contributed by atoms with E-state index in [2.05, 4.69) is 5.32 Å². The summed E-state index contributed by atoms with van der Waals surface area (Å²) in [5.41, 5.74) is 0.634. The van der Waals surface area contributed by atoms with Gasteiger partial charge in [-0.1, -0.05) is 23.7 Å². The molecule has 0 spiro atoms. The van der Waals surface area contributed by atoms with Gasteiger partial charge in [0, 0.05) is 24.0 Å². The molecule has 1 N–H and O–H groups in total. The number of fused-ring (bicyclic) bond motifs is 1. The number of ether oxygens (including phenoxy) is 3. The number of hydrogen-bond acceptors (Lipinski definition) is 6. The Bertz CT molecular complexity index is 846. The lowest BCUT2D eigenvalue weighted by atomic mass is 10.2. The number of rotatable bonds is 5. The molecule has 0 saturated carbocycles. The van der Waals surface area contributed by atoms with Gasteiger partial charge in [0.1, 0.15) is 18.0 Å². The fourth-order valence-corrected chi connectivity index (χ4v) is 4.16. The van der Waals surface area contributed by atoms with Crippen molar-refractivity contribution in [1.82, 2.24) is 10.2 Å². The van der Waals surface area contributed by atoms with E-state index in [-0.39, 0.29) is 36.7 Å². The summed E-state index contributed by atoms with van der Waals surface area (Å²) in [4.78, 5) is 26.4. The van der Waals surface area contributed by atoms with Gasteiger partial charge in [-0.05, 0) is 23.6 Å². The van der Waals surface area contributed by atoms with Crippen LogP contribution in [0.5, 0.6) is 5.75 Å². The van der Waals surface area contributed by atoms with Crippen molar-refractivity contribution in [2.45, 2.75) is 18.2 Å². The lowest BCUT2D eigenvalue weighted by Crippen LogP contribution is -2.41. The Balaban J connectivity index is 1.25. The van der Waals surface area contributed by atoms with Crippen LogP contribution in [0.1, 0.15) is 10.4 Å². The molecule has 2 saturated heterocycles. The van der Waals surface area contributed by atoms with Crippen LogP contribution in [-0.4, -0.2) is 67.9 Å². The van der Waals surface area contributed by atoms with Crippen molar-refractivity contribution in [1.29, 1.82) is 0 Å². The molecule has 2 atom stereocenters. The van der Waals surface area contributed by atoms with Crippen molar-refractivity contribution in [3.05, 3.63) is 51.7 Å². The van der Waals surface area contributed by atoms with Crippen molar-refractivity contribution < 1.29 is 23.8 Å². The van der Waals surface area contributed by atoms with Gasteiger partial charge in [-0.2, -0.15) is 11.3 Å². The zero-order valence-electron chi connectivity index (χ0n) is 15.6. The highest BCUT2D eigenvalue weighted by Gasteiger charge is 2.39. The third-order valence-electron chi connectivity index (χ3n) is 4.90. The van der Waals surface area contributed by atoms with E-state index in [4.69, 9.17) is 25.8 Å². The molecule has 1 aromatic heterocycles. The summed E-state index contributed by atoms with van der Waals surface area (Å²) in [6, 6.07) is 8.59. The third kappa shape index (κ3) is 4.90. The van der Waals surface area contributed by atoms with Gasteiger partial charge in [-0.15, -0.1) is 0 Å². The summed E-state index contributed by atoms with van der Waals surface area (Å²) in [5, 5.41) is 7.06. The van der Waals surface area contributed by atoms with Crippen molar-refractivity contribution in [2.24, 2.45) is 0 Å². The summed E-state index contributed by atoms with van der Waals surface area (Å²) >= 11 is 7.52. The first-order valence-electron chi connectivity index (χ1n) is 9.31. The number of halogens is 1. The van der Waals surface area contributed by atoms with Crippen molar-refractivity contribution >= 4 is 34.8 Å². The van der Waals surface area contributed by atoms with Crippen LogP contribution in [0.4, 0.5) is 0 Å². The molecule has 0 aliphatic carbocycles. The Kier molecular flexibility index (Phi) is 6.34. The molecule has 2 aliphatic rings. The van der Waals surface area contributed by atoms with Gasteiger partial charge in [-0.3, -0.25) is 9.59 Å². The SMILES string of the molecule is O=C(NC1CO[C@H]2CN(C(=O)COc3ccccc3Cl)C[C@@H]2OC1)c1ccsc1. The Morgan fingerprint density at radius 1 is 1.17 bits per heavy atom. The first-order chi connectivity index (χ1) is 14.1. The van der Waals surface area contributed by atoms with Crippen LogP contribution in [-0.2, 0) is 14.3 Å². The highest BCUT2D eigenvalue weighted by molar-refractivity contribution is 7.08. The molecule has 2 fully saturated rings. The minimum absolute atomic E-state index is 0.0947. The molecule has 29 heavy (non-hydrogen) atoms. The number of benzene rings is 1. The molecule has 3 heterocycles. The van der Waals surface area contributed by atoms with Crippen molar-refractivity contribution in [3.63, 3.8) is 0 Å². The van der Waals surface area contributed by atoms with Gasteiger partial charge in [0.2, 0.25) is 0 Å². The van der Waals surface area contributed by atoms with Crippen LogP contribution in [0.25, 0.3) is 0 Å². The van der Waals surface area contributed by atoms with Crippen LogP contribution >= 0.6 is 22.9 Å². The maximum atomic E-state index is 12.5. The highest BCUT2D eigenvalue weighted by Crippen LogP contribution is 2.24. The van der Waals surface area contributed by atoms with Crippen LogP contribution in [0.15, 0.2) is 41.1 Å². The standard InChI is InChI=1S/C20H21ClN2O5S/c21-15-3-1-2-4-16(15)28-11-19(24)23-7-17-18(8-23)27-10-14(9-26-17)22-20(25)13-5-6-29-12-13/h1-6,12,14,17-18H,7-11H2,(H,22,25)/t17-,18-/m0/s1. The second-order valence-corrected chi connectivity index (χ2v) is 8.13. The number of carbonyl (C=O) groups is 2. The first kappa shape index (κ1) is 20.2. The monoisotopic (exact) mass is 436 g/mol. The molecular weight excluding hydrogens is 416 g/mol. The van der Waals surface area contributed by atoms with E-state index in [1.54, 1.807) is 40.6 Å². The summed E-state index contributed by atoms with van der Waals surface area (Å²) in [7, 11) is 0. The molecule has 2 aliphatic heterocycles. The molecule has 1 aromatic carbocycles. The number of nitrogens with zero attached hydrogens (tertiary/aromatic N) is 1. The number of nitrogens with one attached hydrogen (secondary N) is 1. The Hall–Kier alpha value is -2.13. The third-order valence-corrected chi connectivity index (χ3v) is 5.89. The summed E-state index contributed by atoms with van der Waals surface area (Å²) in [6.07, 6.45) is -0.440. The quantitative estimate of drug-likeness (QED) is 0.777. The molecule has 2 aromatic rings. The van der Waals surface area contributed by atoms with Crippen LogP contribution in [0.2, 0.25) is 5.02 Å². The second kappa shape index (κ2) is 9.13. The minimum atomic E-state index is -0.222. The smallest absolute Gasteiger partial charge is 0.260 e. The average Bonchev–Trinajstić information content (AvgIpc) is 3.36. The second-order valence-electron chi connectivity index (χ2n) is 6.94. The van der Waals surface area contributed by atoms with Gasteiger partial charge in [0.25, 0.3) is 11.8 Å². The van der Waals surface area contributed by atoms with Crippen LogP contribution < -0.4 is 10.1 Å². The van der Waals surface area contributed by atoms with E-state index in [9.17, 15) is 9.59 Å². The van der Waals surface area contributed by atoms with Gasteiger partial charge in [-0.25, -0.2) is 0 Å². The van der Waals surface area contributed by atoms with Crippen molar-refractivity contribution in [3.8, 4) is 5.75 Å². The summed E-state index contributed by atoms with van der Waals surface area (Å²) in [6.45, 7) is 1.45. The first-order valence-corrected chi connectivity index (χ1v) is 10.6. The molecule has 0 radical (unpaired) electrons. The minimum Gasteiger partial charge on any atom is -0.482 e. The topological polar surface area (TPSA) is 77.1 Å². The number of carbonyl (C=O) groups excluding carboxylic acids is 2. The van der Waals surface area contributed by atoms with Gasteiger partial charge in [0.05, 0.1) is 24.3 Å². The fourth-order valence-electron chi connectivity index (χ4n) is 3.33. The average molecular weight is 437 g/mol. The number of hydrogen-bond donors (Lipinski definition) is 1. The molecule has 0 bridgehead atoms. The Morgan fingerprint density at radius 2 is 1.90 bits per heavy atom. The van der Waals surface area contributed by atoms with Gasteiger partial charge >= 0.3 is 0 Å². The molecule has 9 heteroatoms. The Labute approximate surface area is 177 Å². The van der Waals surface area contributed by atoms with Gasteiger partial charge in [0.15, 0.2) is 6.61 Å². The van der Waals surface area contributed by atoms with E-state index in [1.807, 2.05) is 5.38 Å². The fraction of sp³-hybridized carbons (Fsp3) is 0.400. The predicted molar refractivity (Wildman–Crippen MR) is 109 cm³/mol. The summed E-state index contributed by atoms with van der Waals surface area (Å²) < 4.78 is 17.4. The van der Waals surface area contributed by atoms with E-state index in [0.29, 0.717) is 42.6 Å². The van der Waals surface area contributed by atoms with Gasteiger partial charge < -0.3 is 24.4 Å². The van der Waals surface area contributed by atoms with E-state index >= 15 is 0 Å². The highest BCUT2D eigenvalue weighted by atomic mass is 35.5. The zero-order valence-corrected chi connectivity index (χ0v) is 17.2. The zero-order chi connectivity index (χ0) is 20.2. The Morgan fingerprint density at radius 3 is 2.55 bits per heavy atom. The molecule has 0 unspecified atom stereocenters. The normalized spacial score (nSPS) is 22.0. The maximum absolute atomic E-state index is 12.5.